The minimum absolute atomic E-state index is 0.0756. The maximum atomic E-state index is 8.94. The van der Waals surface area contributed by atoms with Gasteiger partial charge in [-0.15, -0.1) is 0 Å². The molecule has 1 aliphatic heterocycles. The van der Waals surface area contributed by atoms with Crippen LogP contribution < -0.4 is 9.64 Å². The van der Waals surface area contributed by atoms with Gasteiger partial charge in [0.05, 0.1) is 24.2 Å². The molecule has 1 aliphatic rings. The van der Waals surface area contributed by atoms with E-state index in [2.05, 4.69) is 49.2 Å². The standard InChI is InChI=1S/C16H16N2O/c1-11-15(9-10-17)19-16-13-6-4-3-5-12(13)7-8-14(16)18(11)2/h3-8,11,15H,9H2,1-2H3. The van der Waals surface area contributed by atoms with Crippen molar-refractivity contribution in [3.05, 3.63) is 36.4 Å². The van der Waals surface area contributed by atoms with Crippen molar-refractivity contribution >= 4 is 16.5 Å². The summed E-state index contributed by atoms with van der Waals surface area (Å²) in [5, 5.41) is 11.2. The molecule has 2 unspecified atom stereocenters. The van der Waals surface area contributed by atoms with Crippen LogP contribution in [0.15, 0.2) is 36.4 Å². The average molecular weight is 252 g/mol. The zero-order chi connectivity index (χ0) is 13.4. The molecule has 2 atom stereocenters. The lowest BCUT2D eigenvalue weighted by atomic mass is 10.0. The molecule has 3 rings (SSSR count). The molecule has 19 heavy (non-hydrogen) atoms. The Bertz CT molecular complexity index is 659. The van der Waals surface area contributed by atoms with Crippen LogP contribution >= 0.6 is 0 Å². The maximum Gasteiger partial charge on any atom is 0.150 e. The van der Waals surface area contributed by atoms with E-state index in [1.54, 1.807) is 0 Å². The molecular weight excluding hydrogens is 236 g/mol. The molecule has 1 heterocycles. The van der Waals surface area contributed by atoms with Gasteiger partial charge in [0.25, 0.3) is 0 Å². The van der Waals surface area contributed by atoms with Crippen LogP contribution in [-0.2, 0) is 0 Å². The van der Waals surface area contributed by atoms with Gasteiger partial charge in [0.15, 0.2) is 5.75 Å². The normalized spacial score (nSPS) is 21.6. The van der Waals surface area contributed by atoms with Crippen LogP contribution in [0.2, 0.25) is 0 Å². The van der Waals surface area contributed by atoms with Crippen molar-refractivity contribution in [2.75, 3.05) is 11.9 Å². The molecule has 0 amide bonds. The van der Waals surface area contributed by atoms with Crippen LogP contribution in [0.1, 0.15) is 13.3 Å². The topological polar surface area (TPSA) is 36.3 Å². The van der Waals surface area contributed by atoms with Crippen molar-refractivity contribution in [2.24, 2.45) is 0 Å². The van der Waals surface area contributed by atoms with Gasteiger partial charge in [0.1, 0.15) is 6.10 Å². The van der Waals surface area contributed by atoms with E-state index < -0.39 is 0 Å². The van der Waals surface area contributed by atoms with Gasteiger partial charge in [-0.25, -0.2) is 0 Å². The number of hydrogen-bond donors (Lipinski definition) is 0. The molecule has 0 saturated carbocycles. The molecule has 3 heteroatoms. The lowest BCUT2D eigenvalue weighted by molar-refractivity contribution is 0.168. The Balaban J connectivity index is 2.17. The molecule has 0 saturated heterocycles. The lowest BCUT2D eigenvalue weighted by Crippen LogP contribution is -2.45. The molecule has 0 bridgehead atoms. The number of nitrogens with zero attached hydrogens (tertiary/aromatic N) is 2. The van der Waals surface area contributed by atoms with Crippen molar-refractivity contribution in [3.8, 4) is 11.8 Å². The number of likely N-dealkylation sites (N-methyl/N-ethyl adjacent to an activating group) is 1. The van der Waals surface area contributed by atoms with Crippen LogP contribution in [0.4, 0.5) is 5.69 Å². The Morgan fingerprint density at radius 1 is 1.26 bits per heavy atom. The quantitative estimate of drug-likeness (QED) is 0.781. The predicted molar refractivity (Wildman–Crippen MR) is 76.5 cm³/mol. The van der Waals surface area contributed by atoms with Gasteiger partial charge in [0, 0.05) is 12.4 Å². The number of nitriles is 1. The van der Waals surface area contributed by atoms with E-state index >= 15 is 0 Å². The fourth-order valence-electron chi connectivity index (χ4n) is 2.65. The van der Waals surface area contributed by atoms with Crippen LogP contribution in [-0.4, -0.2) is 19.2 Å². The lowest BCUT2D eigenvalue weighted by Gasteiger charge is -2.39. The molecule has 3 nitrogen and oxygen atoms in total. The second kappa shape index (κ2) is 4.47. The first-order valence-corrected chi connectivity index (χ1v) is 6.50. The first-order valence-electron chi connectivity index (χ1n) is 6.50. The Hall–Kier alpha value is -2.21. The molecule has 0 aliphatic carbocycles. The maximum absolute atomic E-state index is 8.94. The minimum atomic E-state index is -0.0756. The highest BCUT2D eigenvalue weighted by Crippen LogP contribution is 2.41. The monoisotopic (exact) mass is 252 g/mol. The molecule has 0 fully saturated rings. The van der Waals surface area contributed by atoms with Crippen LogP contribution in [0.5, 0.6) is 5.75 Å². The first kappa shape index (κ1) is 11.9. The summed E-state index contributed by atoms with van der Waals surface area (Å²) >= 11 is 0. The minimum Gasteiger partial charge on any atom is -0.484 e. The van der Waals surface area contributed by atoms with E-state index in [-0.39, 0.29) is 12.1 Å². The number of hydrogen-bond acceptors (Lipinski definition) is 3. The third-order valence-corrected chi connectivity index (χ3v) is 3.95. The summed E-state index contributed by atoms with van der Waals surface area (Å²) in [6.07, 6.45) is 0.335. The number of rotatable bonds is 1. The van der Waals surface area contributed by atoms with Gasteiger partial charge in [-0.05, 0) is 18.4 Å². The van der Waals surface area contributed by atoms with Gasteiger partial charge in [-0.3, -0.25) is 0 Å². The number of fused-ring (bicyclic) bond motifs is 3. The summed E-state index contributed by atoms with van der Waals surface area (Å²) in [4.78, 5) is 2.20. The van der Waals surface area contributed by atoms with E-state index in [1.807, 2.05) is 12.1 Å². The summed E-state index contributed by atoms with van der Waals surface area (Å²) in [5.74, 6) is 0.902. The van der Waals surface area contributed by atoms with E-state index in [1.165, 1.54) is 5.39 Å². The van der Waals surface area contributed by atoms with Gasteiger partial charge in [0.2, 0.25) is 0 Å². The second-order valence-electron chi connectivity index (χ2n) is 5.00. The Kier molecular flexibility index (Phi) is 2.79. The van der Waals surface area contributed by atoms with E-state index in [4.69, 9.17) is 10.00 Å². The van der Waals surface area contributed by atoms with Crippen LogP contribution in [0.3, 0.4) is 0 Å². The summed E-state index contributed by atoms with van der Waals surface area (Å²) in [6, 6.07) is 14.8. The molecular formula is C16H16N2O. The third kappa shape index (κ3) is 1.80. The molecule has 0 N–H and O–H groups in total. The largest absolute Gasteiger partial charge is 0.484 e. The van der Waals surface area contributed by atoms with E-state index in [0.717, 1.165) is 16.8 Å². The Morgan fingerprint density at radius 2 is 2.05 bits per heavy atom. The highest BCUT2D eigenvalue weighted by Gasteiger charge is 2.31. The fourth-order valence-corrected chi connectivity index (χ4v) is 2.65. The van der Waals surface area contributed by atoms with E-state index in [0.29, 0.717) is 6.42 Å². The van der Waals surface area contributed by atoms with Crippen molar-refractivity contribution in [2.45, 2.75) is 25.5 Å². The number of benzene rings is 2. The summed E-state index contributed by atoms with van der Waals surface area (Å²) in [6.45, 7) is 2.10. The molecule has 2 aromatic rings. The SMILES string of the molecule is CC1C(CC#N)Oc2c(ccc3ccccc23)N1C. The summed E-state index contributed by atoms with van der Waals surface area (Å²) in [5.41, 5.74) is 1.10. The average Bonchev–Trinajstić information content (AvgIpc) is 2.44. The number of ether oxygens (including phenoxy) is 1. The van der Waals surface area contributed by atoms with E-state index in [9.17, 15) is 0 Å². The molecule has 96 valence electrons. The van der Waals surface area contributed by atoms with Gasteiger partial charge in [-0.1, -0.05) is 30.3 Å². The molecule has 0 spiro atoms. The van der Waals surface area contributed by atoms with Crippen molar-refractivity contribution in [3.63, 3.8) is 0 Å². The van der Waals surface area contributed by atoms with Gasteiger partial charge >= 0.3 is 0 Å². The van der Waals surface area contributed by atoms with Crippen molar-refractivity contribution in [1.29, 1.82) is 5.26 Å². The van der Waals surface area contributed by atoms with Crippen molar-refractivity contribution < 1.29 is 4.74 Å². The molecule has 2 aromatic carbocycles. The van der Waals surface area contributed by atoms with Crippen LogP contribution in [0.25, 0.3) is 10.8 Å². The molecule has 0 aromatic heterocycles. The smallest absolute Gasteiger partial charge is 0.150 e. The van der Waals surface area contributed by atoms with Crippen molar-refractivity contribution in [1.82, 2.24) is 0 Å². The first-order chi connectivity index (χ1) is 9.22. The fraction of sp³-hybridized carbons (Fsp3) is 0.312. The summed E-state index contributed by atoms with van der Waals surface area (Å²) in [7, 11) is 2.06. The third-order valence-electron chi connectivity index (χ3n) is 3.95. The zero-order valence-corrected chi connectivity index (χ0v) is 11.1. The number of anilines is 1. The van der Waals surface area contributed by atoms with Gasteiger partial charge < -0.3 is 9.64 Å². The predicted octanol–water partition coefficient (Wildman–Crippen LogP) is 3.34. The van der Waals surface area contributed by atoms with Gasteiger partial charge in [-0.2, -0.15) is 5.26 Å². The second-order valence-corrected chi connectivity index (χ2v) is 5.00. The van der Waals surface area contributed by atoms with Crippen LogP contribution in [0, 0.1) is 11.3 Å². The molecule has 0 radical (unpaired) electrons. The summed E-state index contributed by atoms with van der Waals surface area (Å²) < 4.78 is 6.10. The zero-order valence-electron chi connectivity index (χ0n) is 11.1. The highest BCUT2D eigenvalue weighted by atomic mass is 16.5. The Labute approximate surface area is 113 Å². The highest BCUT2D eigenvalue weighted by molar-refractivity contribution is 5.94. The Morgan fingerprint density at radius 3 is 2.84 bits per heavy atom.